The molecule has 0 spiro atoms. The first-order chi connectivity index (χ1) is 7.83. The summed E-state index contributed by atoms with van der Waals surface area (Å²) in [6, 6.07) is 0. The molecule has 0 aliphatic heterocycles. The average molecular weight is 229 g/mol. The molecule has 0 bridgehead atoms. The molecular weight excluding hydrogens is 202 g/mol. The Bertz CT molecular complexity index is 158. The summed E-state index contributed by atoms with van der Waals surface area (Å²) in [7, 11) is 1.62. The molecule has 1 rings (SSSR count). The van der Waals surface area contributed by atoms with Crippen molar-refractivity contribution in [2.45, 2.75) is 51.0 Å². The van der Waals surface area contributed by atoms with Gasteiger partial charge in [0.2, 0.25) is 0 Å². The summed E-state index contributed by atoms with van der Waals surface area (Å²) >= 11 is 0. The fraction of sp³-hybridized carbons (Fsp3) is 1.00. The molecule has 0 saturated heterocycles. The van der Waals surface area contributed by atoms with Crippen LogP contribution in [-0.4, -0.2) is 38.0 Å². The summed E-state index contributed by atoms with van der Waals surface area (Å²) in [6.07, 6.45) is 8.93. The Labute approximate surface area is 99.6 Å². The van der Waals surface area contributed by atoms with Crippen LogP contribution in [0.5, 0.6) is 0 Å². The van der Waals surface area contributed by atoms with Gasteiger partial charge >= 0.3 is 0 Å². The van der Waals surface area contributed by atoms with Crippen molar-refractivity contribution in [2.24, 2.45) is 5.92 Å². The fourth-order valence-corrected chi connectivity index (χ4v) is 2.45. The standard InChI is InChI=1S/C13H27NO2/c1-16-11-13(15)8-10-14-9-7-12-5-3-2-4-6-12/h12-15H,2-11H2,1H3. The van der Waals surface area contributed by atoms with Crippen molar-refractivity contribution in [2.75, 3.05) is 26.8 Å². The highest BCUT2D eigenvalue weighted by molar-refractivity contribution is 4.67. The summed E-state index contributed by atoms with van der Waals surface area (Å²) in [5, 5.41) is 12.8. The Morgan fingerprint density at radius 3 is 2.69 bits per heavy atom. The van der Waals surface area contributed by atoms with Gasteiger partial charge in [-0.2, -0.15) is 0 Å². The molecule has 0 aromatic rings. The Kier molecular flexibility index (Phi) is 7.81. The maximum absolute atomic E-state index is 9.43. The Morgan fingerprint density at radius 1 is 1.25 bits per heavy atom. The lowest BCUT2D eigenvalue weighted by Gasteiger charge is -2.21. The molecule has 0 radical (unpaired) electrons. The van der Waals surface area contributed by atoms with E-state index in [0.29, 0.717) is 6.61 Å². The van der Waals surface area contributed by atoms with Gasteiger partial charge in [-0.25, -0.2) is 0 Å². The van der Waals surface area contributed by atoms with Gasteiger partial charge in [-0.1, -0.05) is 32.1 Å². The summed E-state index contributed by atoms with van der Waals surface area (Å²) in [5.74, 6) is 0.949. The number of methoxy groups -OCH3 is 1. The Morgan fingerprint density at radius 2 is 2.00 bits per heavy atom. The smallest absolute Gasteiger partial charge is 0.0785 e. The van der Waals surface area contributed by atoms with Gasteiger partial charge in [-0.05, 0) is 31.8 Å². The van der Waals surface area contributed by atoms with Crippen molar-refractivity contribution in [1.82, 2.24) is 5.32 Å². The normalized spacial score (nSPS) is 19.9. The van der Waals surface area contributed by atoms with E-state index in [2.05, 4.69) is 5.32 Å². The second-order valence-electron chi connectivity index (χ2n) is 4.94. The topological polar surface area (TPSA) is 41.5 Å². The molecule has 0 aromatic carbocycles. The van der Waals surface area contributed by atoms with Crippen LogP contribution in [0, 0.1) is 5.92 Å². The highest BCUT2D eigenvalue weighted by Gasteiger charge is 2.12. The Balaban J connectivity index is 1.87. The minimum absolute atomic E-state index is 0.313. The van der Waals surface area contributed by atoms with E-state index < -0.39 is 0 Å². The molecule has 0 amide bonds. The number of nitrogens with one attached hydrogen (secondary N) is 1. The van der Waals surface area contributed by atoms with Crippen molar-refractivity contribution in [3.8, 4) is 0 Å². The first-order valence-corrected chi connectivity index (χ1v) is 6.70. The molecule has 0 aromatic heterocycles. The third kappa shape index (κ3) is 6.46. The molecule has 1 fully saturated rings. The monoisotopic (exact) mass is 229 g/mol. The second kappa shape index (κ2) is 8.97. The Hall–Kier alpha value is -0.120. The van der Waals surface area contributed by atoms with Crippen LogP contribution in [0.25, 0.3) is 0 Å². The van der Waals surface area contributed by atoms with Crippen LogP contribution in [0.3, 0.4) is 0 Å². The van der Waals surface area contributed by atoms with Crippen LogP contribution < -0.4 is 5.32 Å². The molecule has 1 aliphatic carbocycles. The van der Waals surface area contributed by atoms with Crippen LogP contribution in [0.2, 0.25) is 0 Å². The van der Waals surface area contributed by atoms with E-state index in [-0.39, 0.29) is 6.10 Å². The lowest BCUT2D eigenvalue weighted by Crippen LogP contribution is -2.25. The van der Waals surface area contributed by atoms with Gasteiger partial charge in [0, 0.05) is 7.11 Å². The molecule has 2 N–H and O–H groups in total. The van der Waals surface area contributed by atoms with Crippen molar-refractivity contribution in [1.29, 1.82) is 0 Å². The number of ether oxygens (including phenoxy) is 1. The molecule has 3 nitrogen and oxygen atoms in total. The van der Waals surface area contributed by atoms with Gasteiger partial charge in [0.05, 0.1) is 12.7 Å². The molecule has 1 atom stereocenters. The van der Waals surface area contributed by atoms with Crippen LogP contribution >= 0.6 is 0 Å². The lowest BCUT2D eigenvalue weighted by molar-refractivity contribution is 0.0594. The first-order valence-electron chi connectivity index (χ1n) is 6.70. The van der Waals surface area contributed by atoms with E-state index in [0.717, 1.165) is 25.4 Å². The number of rotatable bonds is 8. The molecule has 0 heterocycles. The highest BCUT2D eigenvalue weighted by atomic mass is 16.5. The quantitative estimate of drug-likeness (QED) is 0.625. The predicted octanol–water partition coefficient (Wildman–Crippen LogP) is 1.94. The average Bonchev–Trinajstić information content (AvgIpc) is 2.30. The maximum atomic E-state index is 9.43. The minimum Gasteiger partial charge on any atom is -0.391 e. The zero-order chi connectivity index (χ0) is 11.6. The van der Waals surface area contributed by atoms with Crippen molar-refractivity contribution < 1.29 is 9.84 Å². The molecule has 16 heavy (non-hydrogen) atoms. The van der Waals surface area contributed by atoms with E-state index in [9.17, 15) is 5.11 Å². The number of hydrogen-bond donors (Lipinski definition) is 2. The summed E-state index contributed by atoms with van der Waals surface area (Å²) in [6.45, 7) is 2.45. The maximum Gasteiger partial charge on any atom is 0.0785 e. The van der Waals surface area contributed by atoms with E-state index in [1.165, 1.54) is 38.5 Å². The van der Waals surface area contributed by atoms with Crippen LogP contribution in [0.4, 0.5) is 0 Å². The molecule has 3 heteroatoms. The van der Waals surface area contributed by atoms with E-state index >= 15 is 0 Å². The summed E-state index contributed by atoms with van der Waals surface area (Å²) in [5.41, 5.74) is 0. The molecule has 1 unspecified atom stereocenters. The van der Waals surface area contributed by atoms with Crippen molar-refractivity contribution in [3.63, 3.8) is 0 Å². The lowest BCUT2D eigenvalue weighted by atomic mass is 9.87. The van der Waals surface area contributed by atoms with Gasteiger partial charge in [0.15, 0.2) is 0 Å². The second-order valence-corrected chi connectivity index (χ2v) is 4.94. The number of aliphatic hydroxyl groups is 1. The van der Waals surface area contributed by atoms with Gasteiger partial charge in [0.1, 0.15) is 0 Å². The van der Waals surface area contributed by atoms with Crippen molar-refractivity contribution in [3.05, 3.63) is 0 Å². The largest absolute Gasteiger partial charge is 0.391 e. The third-order valence-electron chi connectivity index (χ3n) is 3.47. The van der Waals surface area contributed by atoms with Gasteiger partial charge < -0.3 is 15.2 Å². The van der Waals surface area contributed by atoms with Crippen LogP contribution in [0.1, 0.15) is 44.9 Å². The van der Waals surface area contributed by atoms with Crippen molar-refractivity contribution >= 4 is 0 Å². The van der Waals surface area contributed by atoms with E-state index in [1.54, 1.807) is 7.11 Å². The SMILES string of the molecule is COCC(O)CCNCCC1CCCCC1. The minimum atomic E-state index is -0.313. The molecular formula is C13H27NO2. The zero-order valence-electron chi connectivity index (χ0n) is 10.6. The molecule has 96 valence electrons. The fourth-order valence-electron chi connectivity index (χ4n) is 2.45. The van der Waals surface area contributed by atoms with Crippen LogP contribution in [-0.2, 0) is 4.74 Å². The number of aliphatic hydroxyl groups excluding tert-OH is 1. The van der Waals surface area contributed by atoms with Gasteiger partial charge in [-0.3, -0.25) is 0 Å². The predicted molar refractivity (Wildman–Crippen MR) is 66.6 cm³/mol. The molecule has 1 saturated carbocycles. The summed E-state index contributed by atoms with van der Waals surface area (Å²) < 4.78 is 4.88. The van der Waals surface area contributed by atoms with E-state index in [4.69, 9.17) is 4.74 Å². The van der Waals surface area contributed by atoms with Gasteiger partial charge in [-0.15, -0.1) is 0 Å². The first kappa shape index (κ1) is 13.9. The third-order valence-corrected chi connectivity index (χ3v) is 3.47. The zero-order valence-corrected chi connectivity index (χ0v) is 10.6. The van der Waals surface area contributed by atoms with Gasteiger partial charge in [0.25, 0.3) is 0 Å². The number of hydrogen-bond acceptors (Lipinski definition) is 3. The highest BCUT2D eigenvalue weighted by Crippen LogP contribution is 2.25. The van der Waals surface area contributed by atoms with Crippen LogP contribution in [0.15, 0.2) is 0 Å². The molecule has 1 aliphatic rings. The van der Waals surface area contributed by atoms with E-state index in [1.807, 2.05) is 0 Å². The summed E-state index contributed by atoms with van der Waals surface area (Å²) in [4.78, 5) is 0.